The number of rotatable bonds is 2. The zero-order valence-electron chi connectivity index (χ0n) is 10.7. The molecule has 1 heterocycles. The van der Waals surface area contributed by atoms with Gasteiger partial charge in [0.05, 0.1) is 17.0 Å². The summed E-state index contributed by atoms with van der Waals surface area (Å²) in [5.41, 5.74) is -0.734. The first-order valence-electron chi connectivity index (χ1n) is 5.86. The second-order valence-electron chi connectivity index (χ2n) is 4.72. The van der Waals surface area contributed by atoms with E-state index in [1.165, 1.54) is 17.8 Å². The Morgan fingerprint density at radius 1 is 1.53 bits per heavy atom. The van der Waals surface area contributed by atoms with Crippen LogP contribution in [0.5, 0.6) is 0 Å². The lowest BCUT2D eigenvalue weighted by Crippen LogP contribution is -2.42. The van der Waals surface area contributed by atoms with Gasteiger partial charge in [-0.25, -0.2) is 4.39 Å². The number of nitrogens with zero attached hydrogens (tertiary/aromatic N) is 1. The average Bonchev–Trinajstić information content (AvgIpc) is 2.85. The highest BCUT2D eigenvalue weighted by atomic mass is 35.5. The van der Waals surface area contributed by atoms with Crippen molar-refractivity contribution in [2.45, 2.75) is 19.3 Å². The zero-order valence-corrected chi connectivity index (χ0v) is 12.2. The molecule has 19 heavy (non-hydrogen) atoms. The molecule has 6 heteroatoms. The molecule has 0 saturated heterocycles. The summed E-state index contributed by atoms with van der Waals surface area (Å²) in [6, 6.07) is 4.67. The van der Waals surface area contributed by atoms with Crippen molar-refractivity contribution in [2.24, 2.45) is 4.99 Å². The molecule has 1 aliphatic rings. The molecule has 1 aliphatic heterocycles. The van der Waals surface area contributed by atoms with Crippen molar-refractivity contribution in [2.75, 3.05) is 12.3 Å². The van der Waals surface area contributed by atoms with Gasteiger partial charge in [0.2, 0.25) is 5.91 Å². The van der Waals surface area contributed by atoms with Gasteiger partial charge >= 0.3 is 0 Å². The molecule has 0 saturated carbocycles. The number of hydrogen-bond donors (Lipinski definition) is 1. The summed E-state index contributed by atoms with van der Waals surface area (Å²) >= 11 is 7.25. The van der Waals surface area contributed by atoms with Crippen LogP contribution in [-0.4, -0.2) is 23.4 Å². The van der Waals surface area contributed by atoms with Gasteiger partial charge in [0, 0.05) is 11.3 Å². The number of amides is 1. The highest BCUT2D eigenvalue weighted by Crippen LogP contribution is 2.30. The molecule has 2 rings (SSSR count). The Bertz CT molecular complexity index is 545. The molecule has 0 aliphatic carbocycles. The molecule has 1 amide bonds. The normalized spacial score (nSPS) is 15.3. The van der Waals surface area contributed by atoms with Crippen LogP contribution in [-0.2, 0) is 10.2 Å². The molecule has 0 radical (unpaired) electrons. The van der Waals surface area contributed by atoms with Gasteiger partial charge in [-0.3, -0.25) is 9.79 Å². The number of carbonyl (C=O) groups excluding carboxylic acids is 1. The van der Waals surface area contributed by atoms with E-state index in [4.69, 9.17) is 11.6 Å². The number of thioether (sulfide) groups is 1. The summed E-state index contributed by atoms with van der Waals surface area (Å²) in [6.07, 6.45) is 0. The first-order chi connectivity index (χ1) is 8.93. The SMILES string of the molecule is CC(C)(C(=O)NC1=NCCS1)c1cccc(Cl)c1F. The van der Waals surface area contributed by atoms with Crippen LogP contribution in [0.25, 0.3) is 0 Å². The van der Waals surface area contributed by atoms with Crippen molar-refractivity contribution >= 4 is 34.4 Å². The first-order valence-corrected chi connectivity index (χ1v) is 7.22. The second kappa shape index (κ2) is 5.51. The Balaban J connectivity index is 2.25. The Morgan fingerprint density at radius 2 is 2.26 bits per heavy atom. The van der Waals surface area contributed by atoms with Crippen molar-refractivity contribution in [1.29, 1.82) is 0 Å². The number of aliphatic imine (C=N–C) groups is 1. The molecule has 0 unspecified atom stereocenters. The van der Waals surface area contributed by atoms with E-state index < -0.39 is 11.2 Å². The van der Waals surface area contributed by atoms with Gasteiger partial charge in [0.1, 0.15) is 5.82 Å². The van der Waals surface area contributed by atoms with Crippen LogP contribution < -0.4 is 5.32 Å². The maximum Gasteiger partial charge on any atom is 0.236 e. The third-order valence-corrected chi connectivity index (χ3v) is 4.18. The minimum atomic E-state index is -1.01. The second-order valence-corrected chi connectivity index (χ2v) is 6.21. The topological polar surface area (TPSA) is 41.5 Å². The van der Waals surface area contributed by atoms with Crippen LogP contribution in [0.3, 0.4) is 0 Å². The van der Waals surface area contributed by atoms with E-state index in [-0.39, 0.29) is 16.5 Å². The fraction of sp³-hybridized carbons (Fsp3) is 0.385. The summed E-state index contributed by atoms with van der Waals surface area (Å²) in [5.74, 6) is 0.0221. The van der Waals surface area contributed by atoms with Crippen molar-refractivity contribution < 1.29 is 9.18 Å². The van der Waals surface area contributed by atoms with Crippen molar-refractivity contribution in [3.8, 4) is 0 Å². The molecule has 3 nitrogen and oxygen atoms in total. The molecule has 0 bridgehead atoms. The number of nitrogens with one attached hydrogen (secondary N) is 1. The first kappa shape index (κ1) is 14.3. The summed E-state index contributed by atoms with van der Waals surface area (Å²) in [7, 11) is 0. The molecule has 1 N–H and O–H groups in total. The largest absolute Gasteiger partial charge is 0.305 e. The Morgan fingerprint density at radius 3 is 2.89 bits per heavy atom. The minimum absolute atomic E-state index is 0.0194. The lowest BCUT2D eigenvalue weighted by molar-refractivity contribution is -0.124. The zero-order chi connectivity index (χ0) is 14.0. The van der Waals surface area contributed by atoms with Gasteiger partial charge in [-0.2, -0.15) is 0 Å². The molecule has 102 valence electrons. The van der Waals surface area contributed by atoms with Gasteiger partial charge in [-0.15, -0.1) is 0 Å². The fourth-order valence-electron chi connectivity index (χ4n) is 1.77. The van der Waals surface area contributed by atoms with Crippen LogP contribution in [0, 0.1) is 5.82 Å². The highest BCUT2D eigenvalue weighted by Gasteiger charge is 2.34. The van der Waals surface area contributed by atoms with Crippen LogP contribution >= 0.6 is 23.4 Å². The maximum atomic E-state index is 14.0. The standard InChI is InChI=1S/C13H14ClFN2OS/c1-13(2,8-4-3-5-9(14)10(8)15)11(18)17-12-16-6-7-19-12/h3-5H,6-7H2,1-2H3,(H,16,17,18). The predicted molar refractivity (Wildman–Crippen MR) is 77.3 cm³/mol. The number of amidine groups is 1. The number of carbonyl (C=O) groups is 1. The quantitative estimate of drug-likeness (QED) is 0.912. The summed E-state index contributed by atoms with van der Waals surface area (Å²) < 4.78 is 14.0. The van der Waals surface area contributed by atoms with Crippen LogP contribution in [0.15, 0.2) is 23.2 Å². The minimum Gasteiger partial charge on any atom is -0.305 e. The molecule has 0 atom stereocenters. The smallest absolute Gasteiger partial charge is 0.236 e. The molecule has 0 fully saturated rings. The van der Waals surface area contributed by atoms with Gasteiger partial charge in [-0.05, 0) is 19.9 Å². The van der Waals surface area contributed by atoms with Crippen LogP contribution in [0.2, 0.25) is 5.02 Å². The molecule has 1 aromatic carbocycles. The van der Waals surface area contributed by atoms with E-state index >= 15 is 0 Å². The molecule has 0 aromatic heterocycles. The average molecular weight is 301 g/mol. The molecule has 0 spiro atoms. The van der Waals surface area contributed by atoms with E-state index in [1.54, 1.807) is 26.0 Å². The van der Waals surface area contributed by atoms with Crippen molar-refractivity contribution in [1.82, 2.24) is 5.32 Å². The predicted octanol–water partition coefficient (Wildman–Crippen LogP) is 2.98. The Hall–Kier alpha value is -1.07. The highest BCUT2D eigenvalue weighted by molar-refractivity contribution is 8.14. The summed E-state index contributed by atoms with van der Waals surface area (Å²) in [4.78, 5) is 16.4. The Labute approximate surface area is 120 Å². The van der Waals surface area contributed by atoms with Crippen molar-refractivity contribution in [3.63, 3.8) is 0 Å². The fourth-order valence-corrected chi connectivity index (χ4v) is 2.67. The number of benzene rings is 1. The van der Waals surface area contributed by atoms with Crippen molar-refractivity contribution in [3.05, 3.63) is 34.6 Å². The molecular weight excluding hydrogens is 287 g/mol. The van der Waals surface area contributed by atoms with Gasteiger partial charge in [0.15, 0.2) is 5.17 Å². The third-order valence-electron chi connectivity index (χ3n) is 3.00. The molecular formula is C13H14ClFN2OS. The number of hydrogen-bond acceptors (Lipinski definition) is 3. The van der Waals surface area contributed by atoms with E-state index in [0.29, 0.717) is 11.7 Å². The third kappa shape index (κ3) is 2.92. The Kier molecular flexibility index (Phi) is 4.16. The summed E-state index contributed by atoms with van der Waals surface area (Å²) in [6.45, 7) is 4.03. The van der Waals surface area contributed by atoms with Gasteiger partial charge in [0.25, 0.3) is 0 Å². The van der Waals surface area contributed by atoms with Gasteiger partial charge in [-0.1, -0.05) is 35.5 Å². The van der Waals surface area contributed by atoms with Crippen LogP contribution in [0.4, 0.5) is 4.39 Å². The monoisotopic (exact) mass is 300 g/mol. The van der Waals surface area contributed by atoms with E-state index in [1.807, 2.05) is 0 Å². The van der Waals surface area contributed by atoms with Crippen LogP contribution in [0.1, 0.15) is 19.4 Å². The van der Waals surface area contributed by atoms with E-state index in [2.05, 4.69) is 10.3 Å². The summed E-state index contributed by atoms with van der Waals surface area (Å²) in [5, 5.41) is 3.35. The maximum absolute atomic E-state index is 14.0. The van der Waals surface area contributed by atoms with E-state index in [9.17, 15) is 9.18 Å². The van der Waals surface area contributed by atoms with Gasteiger partial charge < -0.3 is 5.32 Å². The lowest BCUT2D eigenvalue weighted by atomic mass is 9.83. The lowest BCUT2D eigenvalue weighted by Gasteiger charge is -2.24. The van der Waals surface area contributed by atoms with E-state index in [0.717, 1.165) is 5.75 Å². The number of halogens is 2. The molecule has 1 aromatic rings.